The van der Waals surface area contributed by atoms with Crippen molar-refractivity contribution in [2.75, 3.05) is 32.9 Å². The number of amides is 1. The molecule has 1 saturated heterocycles. The van der Waals surface area contributed by atoms with E-state index in [0.29, 0.717) is 13.2 Å². The normalized spacial score (nSPS) is 21.6. The molecular weight excluding hydrogens is 208 g/mol. The highest BCUT2D eigenvalue weighted by Gasteiger charge is 2.18. The lowest BCUT2D eigenvalue weighted by Crippen LogP contribution is -2.43. The van der Waals surface area contributed by atoms with Gasteiger partial charge in [-0.25, -0.2) is 0 Å². The summed E-state index contributed by atoms with van der Waals surface area (Å²) >= 11 is 0. The average molecular weight is 230 g/mol. The van der Waals surface area contributed by atoms with Crippen LogP contribution in [0.15, 0.2) is 0 Å². The second kappa shape index (κ2) is 8.50. The molecule has 94 valence electrons. The van der Waals surface area contributed by atoms with Gasteiger partial charge < -0.3 is 20.5 Å². The fourth-order valence-corrected chi connectivity index (χ4v) is 1.75. The maximum atomic E-state index is 11.5. The Morgan fingerprint density at radius 3 is 3.12 bits per heavy atom. The third-order valence-electron chi connectivity index (χ3n) is 2.63. The number of rotatable bonds is 7. The minimum atomic E-state index is -0.0414. The Morgan fingerprint density at radius 2 is 2.31 bits per heavy atom. The van der Waals surface area contributed by atoms with E-state index in [1.54, 1.807) is 0 Å². The molecule has 1 heterocycles. The molecule has 0 aliphatic carbocycles. The van der Waals surface area contributed by atoms with Gasteiger partial charge in [-0.2, -0.15) is 0 Å². The first-order valence-corrected chi connectivity index (χ1v) is 6.04. The number of carbonyl (C=O) groups excluding carboxylic acids is 1. The fraction of sp³-hybridized carbons (Fsp3) is 0.909. The molecule has 1 fully saturated rings. The second-order valence-electron chi connectivity index (χ2n) is 3.98. The van der Waals surface area contributed by atoms with Crippen molar-refractivity contribution in [3.05, 3.63) is 0 Å². The highest BCUT2D eigenvalue weighted by Crippen LogP contribution is 2.04. The van der Waals surface area contributed by atoms with E-state index in [1.165, 1.54) is 0 Å². The second-order valence-corrected chi connectivity index (χ2v) is 3.98. The summed E-state index contributed by atoms with van der Waals surface area (Å²) in [6.45, 7) is 2.67. The topological polar surface area (TPSA) is 70.6 Å². The smallest absolute Gasteiger partial charge is 0.237 e. The monoisotopic (exact) mass is 230 g/mol. The zero-order valence-electron chi connectivity index (χ0n) is 9.71. The number of aliphatic hydroxyl groups is 1. The lowest BCUT2D eigenvalue weighted by molar-refractivity contribution is -0.122. The largest absolute Gasteiger partial charge is 0.394 e. The Morgan fingerprint density at radius 1 is 1.44 bits per heavy atom. The Kier molecular flexibility index (Phi) is 7.12. The first-order valence-electron chi connectivity index (χ1n) is 6.04. The summed E-state index contributed by atoms with van der Waals surface area (Å²) in [7, 11) is 0. The van der Waals surface area contributed by atoms with E-state index in [-0.39, 0.29) is 18.6 Å². The predicted molar refractivity (Wildman–Crippen MR) is 61.2 cm³/mol. The number of hydrogen-bond acceptors (Lipinski definition) is 4. The van der Waals surface area contributed by atoms with Crippen molar-refractivity contribution in [2.24, 2.45) is 0 Å². The molecule has 1 rings (SSSR count). The molecule has 1 unspecified atom stereocenters. The summed E-state index contributed by atoms with van der Waals surface area (Å²) in [6.07, 6.45) is 3.95. The van der Waals surface area contributed by atoms with Gasteiger partial charge in [-0.05, 0) is 32.2 Å². The molecule has 3 N–H and O–H groups in total. The molecule has 0 aromatic rings. The van der Waals surface area contributed by atoms with Crippen LogP contribution in [0, 0.1) is 0 Å². The van der Waals surface area contributed by atoms with Crippen LogP contribution in [0.3, 0.4) is 0 Å². The van der Waals surface area contributed by atoms with Gasteiger partial charge in [0.1, 0.15) is 0 Å². The number of nitrogens with one attached hydrogen (secondary N) is 2. The highest BCUT2D eigenvalue weighted by atomic mass is 16.5. The van der Waals surface area contributed by atoms with Crippen molar-refractivity contribution >= 4 is 5.91 Å². The lowest BCUT2D eigenvalue weighted by Gasteiger charge is -2.14. The summed E-state index contributed by atoms with van der Waals surface area (Å²) in [4.78, 5) is 11.5. The van der Waals surface area contributed by atoms with Gasteiger partial charge in [0.15, 0.2) is 0 Å². The van der Waals surface area contributed by atoms with Crippen LogP contribution in [0.4, 0.5) is 0 Å². The van der Waals surface area contributed by atoms with E-state index >= 15 is 0 Å². The molecule has 16 heavy (non-hydrogen) atoms. The molecule has 0 aromatic carbocycles. The van der Waals surface area contributed by atoms with Gasteiger partial charge in [-0.1, -0.05) is 0 Å². The molecule has 1 amide bonds. The zero-order valence-corrected chi connectivity index (χ0v) is 9.71. The van der Waals surface area contributed by atoms with E-state index < -0.39 is 0 Å². The maximum Gasteiger partial charge on any atom is 0.237 e. The maximum absolute atomic E-state index is 11.5. The Labute approximate surface area is 96.6 Å². The van der Waals surface area contributed by atoms with Crippen molar-refractivity contribution in [3.8, 4) is 0 Å². The first kappa shape index (κ1) is 13.4. The van der Waals surface area contributed by atoms with Crippen molar-refractivity contribution in [3.63, 3.8) is 0 Å². The summed E-state index contributed by atoms with van der Waals surface area (Å²) in [6, 6.07) is -0.0414. The zero-order chi connectivity index (χ0) is 11.6. The third kappa shape index (κ3) is 5.44. The van der Waals surface area contributed by atoms with Crippen LogP contribution in [0.5, 0.6) is 0 Å². The molecule has 0 aromatic heterocycles. The summed E-state index contributed by atoms with van der Waals surface area (Å²) < 4.78 is 5.13. The molecule has 1 atom stereocenters. The Balaban J connectivity index is 2.04. The van der Waals surface area contributed by atoms with Crippen LogP contribution in [0.25, 0.3) is 0 Å². The average Bonchev–Trinajstić information content (AvgIpc) is 2.49. The van der Waals surface area contributed by atoms with Crippen molar-refractivity contribution in [2.45, 2.75) is 31.7 Å². The molecule has 0 bridgehead atoms. The molecule has 1 aliphatic heterocycles. The van der Waals surface area contributed by atoms with Crippen LogP contribution < -0.4 is 10.6 Å². The molecular formula is C11H22N2O3. The van der Waals surface area contributed by atoms with Crippen LogP contribution in [-0.4, -0.2) is 50.0 Å². The van der Waals surface area contributed by atoms with E-state index in [4.69, 9.17) is 9.84 Å². The quantitative estimate of drug-likeness (QED) is 0.523. The molecule has 0 saturated carbocycles. The van der Waals surface area contributed by atoms with E-state index in [2.05, 4.69) is 10.6 Å². The van der Waals surface area contributed by atoms with Crippen LogP contribution in [0.1, 0.15) is 25.7 Å². The van der Waals surface area contributed by atoms with Gasteiger partial charge in [0.05, 0.1) is 19.3 Å². The van der Waals surface area contributed by atoms with Crippen LogP contribution in [0.2, 0.25) is 0 Å². The Bertz CT molecular complexity index is 200. The molecule has 5 heteroatoms. The first-order chi connectivity index (χ1) is 7.84. The standard InChI is InChI=1S/C11H22N2O3/c14-7-9-16-8-3-6-12-10-4-1-2-5-13-11(10)15/h10,12,14H,1-9H2,(H,13,15). The molecule has 0 radical (unpaired) electrons. The van der Waals surface area contributed by atoms with E-state index in [0.717, 1.165) is 38.8 Å². The third-order valence-corrected chi connectivity index (χ3v) is 2.63. The number of hydrogen-bond donors (Lipinski definition) is 3. The van der Waals surface area contributed by atoms with Crippen molar-refractivity contribution < 1.29 is 14.6 Å². The predicted octanol–water partition coefficient (Wildman–Crippen LogP) is -0.356. The van der Waals surface area contributed by atoms with Crippen molar-refractivity contribution in [1.82, 2.24) is 10.6 Å². The molecule has 1 aliphatic rings. The highest BCUT2D eigenvalue weighted by molar-refractivity contribution is 5.81. The van der Waals surface area contributed by atoms with Gasteiger partial charge in [-0.15, -0.1) is 0 Å². The van der Waals surface area contributed by atoms with Gasteiger partial charge >= 0.3 is 0 Å². The summed E-state index contributed by atoms with van der Waals surface area (Å²) in [5.74, 6) is 0.119. The number of carbonyl (C=O) groups is 1. The number of aliphatic hydroxyl groups excluding tert-OH is 1. The Hall–Kier alpha value is -0.650. The van der Waals surface area contributed by atoms with Gasteiger partial charge in [0.2, 0.25) is 5.91 Å². The minimum absolute atomic E-state index is 0.0414. The molecule has 5 nitrogen and oxygen atoms in total. The van der Waals surface area contributed by atoms with Gasteiger partial charge in [0.25, 0.3) is 0 Å². The van der Waals surface area contributed by atoms with Gasteiger partial charge in [0, 0.05) is 13.2 Å². The van der Waals surface area contributed by atoms with Crippen molar-refractivity contribution in [1.29, 1.82) is 0 Å². The lowest BCUT2D eigenvalue weighted by atomic mass is 10.1. The van der Waals surface area contributed by atoms with E-state index in [1.807, 2.05) is 0 Å². The van der Waals surface area contributed by atoms with Crippen LogP contribution in [-0.2, 0) is 9.53 Å². The van der Waals surface area contributed by atoms with Gasteiger partial charge in [-0.3, -0.25) is 4.79 Å². The van der Waals surface area contributed by atoms with Crippen LogP contribution >= 0.6 is 0 Å². The summed E-state index contributed by atoms with van der Waals surface area (Å²) in [5, 5.41) is 14.6. The van der Waals surface area contributed by atoms with E-state index in [9.17, 15) is 4.79 Å². The molecule has 0 spiro atoms. The fourth-order valence-electron chi connectivity index (χ4n) is 1.75. The SMILES string of the molecule is O=C1NCCCCC1NCCCOCCO. The summed E-state index contributed by atoms with van der Waals surface area (Å²) in [5.41, 5.74) is 0. The minimum Gasteiger partial charge on any atom is -0.394 e. The number of ether oxygens (including phenoxy) is 1.